The second-order valence-electron chi connectivity index (χ2n) is 7.32. The molecule has 0 aliphatic carbocycles. The Morgan fingerprint density at radius 3 is 2.59 bits per heavy atom. The molecule has 1 aromatic carbocycles. The van der Waals surface area contributed by atoms with Crippen molar-refractivity contribution in [1.29, 1.82) is 0 Å². The number of hydrogen-bond acceptors (Lipinski definition) is 4. The molecule has 2 aromatic rings. The van der Waals surface area contributed by atoms with E-state index in [0.717, 1.165) is 47.3 Å². The number of benzene rings is 1. The van der Waals surface area contributed by atoms with Crippen LogP contribution in [0.25, 0.3) is 11.1 Å². The topological polar surface area (TPSA) is 65.4 Å². The zero-order valence-corrected chi connectivity index (χ0v) is 17.2. The van der Waals surface area contributed by atoms with Crippen molar-refractivity contribution in [2.75, 3.05) is 5.75 Å². The van der Waals surface area contributed by atoms with Gasteiger partial charge in [-0.1, -0.05) is 19.9 Å². The first kappa shape index (κ1) is 19.7. The Morgan fingerprint density at radius 2 is 1.96 bits per heavy atom. The minimum absolute atomic E-state index is 0.0196. The Kier molecular flexibility index (Phi) is 5.47. The lowest BCUT2D eigenvalue weighted by Gasteiger charge is -2.28. The Hall–Kier alpha value is -2.08. The van der Waals surface area contributed by atoms with E-state index >= 15 is 0 Å². The summed E-state index contributed by atoms with van der Waals surface area (Å²) in [6.45, 7) is 5.56. The van der Waals surface area contributed by atoms with Gasteiger partial charge in [-0.15, -0.1) is 0 Å². The number of aromatic nitrogens is 1. The summed E-state index contributed by atoms with van der Waals surface area (Å²) in [7, 11) is -1.40. The normalized spacial score (nSPS) is 16.7. The first-order chi connectivity index (χ1) is 12.7. The Bertz CT molecular complexity index is 995. The van der Waals surface area contributed by atoms with Gasteiger partial charge in [0.2, 0.25) is 0 Å². The van der Waals surface area contributed by atoms with Crippen LogP contribution in [0.2, 0.25) is 0 Å². The average Bonchev–Trinajstić information content (AvgIpc) is 2.64. The minimum Gasteiger partial charge on any atom is -0.489 e. The molecule has 0 bridgehead atoms. The van der Waals surface area contributed by atoms with Gasteiger partial charge in [-0.2, -0.15) is 0 Å². The summed E-state index contributed by atoms with van der Waals surface area (Å²) in [5, 5.41) is 0. The van der Waals surface area contributed by atoms with Crippen LogP contribution in [0.5, 0.6) is 5.75 Å². The van der Waals surface area contributed by atoms with E-state index in [-0.39, 0.29) is 23.2 Å². The largest absolute Gasteiger partial charge is 0.489 e. The van der Waals surface area contributed by atoms with Crippen LogP contribution in [-0.2, 0) is 29.1 Å². The predicted octanol–water partition coefficient (Wildman–Crippen LogP) is 3.40. The van der Waals surface area contributed by atoms with Crippen molar-refractivity contribution in [1.82, 2.24) is 4.57 Å². The molecule has 0 saturated heterocycles. The van der Waals surface area contributed by atoms with Crippen molar-refractivity contribution in [2.24, 2.45) is 7.05 Å². The second-order valence-corrected chi connectivity index (χ2v) is 9.68. The number of sulfone groups is 1. The van der Waals surface area contributed by atoms with Gasteiger partial charge in [0.15, 0.2) is 9.84 Å². The zero-order valence-electron chi connectivity index (χ0n) is 16.4. The number of nitrogens with zero attached hydrogens (tertiary/aromatic N) is 1. The smallest absolute Gasteiger partial charge is 0.253 e. The lowest BCUT2D eigenvalue weighted by atomic mass is 9.93. The molecule has 0 N–H and O–H groups in total. The summed E-state index contributed by atoms with van der Waals surface area (Å²) in [6.07, 6.45) is 4.68. The fourth-order valence-corrected chi connectivity index (χ4v) is 4.47. The molecule has 1 aliphatic heterocycles. The molecule has 146 valence electrons. The Morgan fingerprint density at radius 1 is 1.22 bits per heavy atom. The highest BCUT2D eigenvalue weighted by Crippen LogP contribution is 2.39. The van der Waals surface area contributed by atoms with Crippen molar-refractivity contribution in [3.63, 3.8) is 0 Å². The minimum atomic E-state index is -3.13. The van der Waals surface area contributed by atoms with Crippen LogP contribution in [-0.4, -0.2) is 24.8 Å². The summed E-state index contributed by atoms with van der Waals surface area (Å²) in [5.74, 6) is 0.960. The highest BCUT2D eigenvalue weighted by Gasteiger charge is 2.24. The Balaban J connectivity index is 2.19. The van der Waals surface area contributed by atoms with Gasteiger partial charge in [0.05, 0.1) is 11.9 Å². The molecule has 1 atom stereocenters. The highest BCUT2D eigenvalue weighted by molar-refractivity contribution is 7.90. The van der Waals surface area contributed by atoms with Gasteiger partial charge < -0.3 is 9.30 Å². The van der Waals surface area contributed by atoms with Crippen molar-refractivity contribution >= 4 is 9.84 Å². The van der Waals surface area contributed by atoms with Crippen molar-refractivity contribution in [3.8, 4) is 16.9 Å². The standard InChI is InChI=1S/C21H27NO4S/c1-5-18-8-7-16-10-15(13-27(24,25)6-2)11-19(20(16)26-18)17-9-14(3)21(23)22(4)12-17/h9-12,18H,5-8,13H2,1-4H3. The second kappa shape index (κ2) is 7.50. The molecule has 0 spiro atoms. The van der Waals surface area contributed by atoms with E-state index in [1.807, 2.05) is 18.2 Å². The molecule has 1 unspecified atom stereocenters. The summed E-state index contributed by atoms with van der Waals surface area (Å²) in [5.41, 5.74) is 4.17. The van der Waals surface area contributed by atoms with Crippen LogP contribution >= 0.6 is 0 Å². The summed E-state index contributed by atoms with van der Waals surface area (Å²) in [6, 6.07) is 5.73. The third-order valence-electron chi connectivity index (χ3n) is 5.20. The lowest BCUT2D eigenvalue weighted by Crippen LogP contribution is -2.23. The Labute approximate surface area is 160 Å². The molecule has 0 fully saturated rings. The number of ether oxygens (including phenoxy) is 1. The van der Waals surface area contributed by atoms with Crippen LogP contribution in [0.3, 0.4) is 0 Å². The van der Waals surface area contributed by atoms with E-state index in [9.17, 15) is 13.2 Å². The van der Waals surface area contributed by atoms with E-state index in [2.05, 4.69) is 6.92 Å². The quantitative estimate of drug-likeness (QED) is 0.786. The van der Waals surface area contributed by atoms with Crippen molar-refractivity contribution in [2.45, 2.75) is 51.9 Å². The molecule has 0 amide bonds. The molecule has 3 rings (SSSR count). The molecule has 27 heavy (non-hydrogen) atoms. The average molecular weight is 390 g/mol. The third-order valence-corrected chi connectivity index (χ3v) is 6.85. The van der Waals surface area contributed by atoms with Crippen LogP contribution < -0.4 is 10.3 Å². The maximum Gasteiger partial charge on any atom is 0.253 e. The molecule has 0 saturated carbocycles. The van der Waals surface area contributed by atoms with Gasteiger partial charge in [0, 0.05) is 35.7 Å². The zero-order chi connectivity index (χ0) is 19.8. The number of aryl methyl sites for hydroxylation is 3. The van der Waals surface area contributed by atoms with E-state index in [4.69, 9.17) is 4.74 Å². The number of fused-ring (bicyclic) bond motifs is 1. The van der Waals surface area contributed by atoms with Gasteiger partial charge >= 0.3 is 0 Å². The number of hydrogen-bond donors (Lipinski definition) is 0. The first-order valence-corrected chi connectivity index (χ1v) is 11.3. The molecule has 1 aliphatic rings. The van der Waals surface area contributed by atoms with Gasteiger partial charge in [-0.3, -0.25) is 4.79 Å². The summed E-state index contributed by atoms with van der Waals surface area (Å²) < 4.78 is 32.1. The summed E-state index contributed by atoms with van der Waals surface area (Å²) in [4.78, 5) is 12.1. The molecular weight excluding hydrogens is 362 g/mol. The van der Waals surface area contributed by atoms with Gasteiger partial charge in [0.25, 0.3) is 5.56 Å². The fourth-order valence-electron chi connectivity index (χ4n) is 3.59. The maximum atomic E-state index is 12.2. The van der Waals surface area contributed by atoms with Crippen molar-refractivity contribution in [3.05, 3.63) is 51.4 Å². The number of rotatable bonds is 5. The lowest BCUT2D eigenvalue weighted by molar-refractivity contribution is 0.170. The van der Waals surface area contributed by atoms with Gasteiger partial charge in [0.1, 0.15) is 5.75 Å². The van der Waals surface area contributed by atoms with Crippen LogP contribution in [0.4, 0.5) is 0 Å². The van der Waals surface area contributed by atoms with E-state index in [1.165, 1.54) is 0 Å². The monoisotopic (exact) mass is 389 g/mol. The summed E-state index contributed by atoms with van der Waals surface area (Å²) >= 11 is 0. The van der Waals surface area contributed by atoms with Crippen LogP contribution in [0.1, 0.15) is 43.4 Å². The van der Waals surface area contributed by atoms with Gasteiger partial charge in [-0.05, 0) is 49.4 Å². The number of pyridine rings is 1. The SMILES string of the molecule is CCC1CCc2cc(CS(=O)(=O)CC)cc(-c3cc(C)c(=O)n(C)c3)c2O1. The molecule has 0 radical (unpaired) electrons. The molecular formula is C21H27NO4S. The van der Waals surface area contributed by atoms with Crippen LogP contribution in [0.15, 0.2) is 29.2 Å². The van der Waals surface area contributed by atoms with E-state index in [0.29, 0.717) is 5.56 Å². The predicted molar refractivity (Wildman–Crippen MR) is 108 cm³/mol. The molecule has 1 aromatic heterocycles. The van der Waals surface area contributed by atoms with Crippen LogP contribution in [0, 0.1) is 6.92 Å². The maximum absolute atomic E-state index is 12.2. The van der Waals surface area contributed by atoms with Crippen molar-refractivity contribution < 1.29 is 13.2 Å². The molecule has 6 heteroatoms. The van der Waals surface area contributed by atoms with E-state index < -0.39 is 9.84 Å². The van der Waals surface area contributed by atoms with Gasteiger partial charge in [-0.25, -0.2) is 8.42 Å². The van der Waals surface area contributed by atoms with E-state index in [1.54, 1.807) is 31.7 Å². The highest BCUT2D eigenvalue weighted by atomic mass is 32.2. The molecule has 2 heterocycles. The molecule has 5 nitrogen and oxygen atoms in total. The third kappa shape index (κ3) is 4.10. The first-order valence-electron chi connectivity index (χ1n) is 9.44. The fraction of sp³-hybridized carbons (Fsp3) is 0.476.